The van der Waals surface area contributed by atoms with Crippen LogP contribution < -0.4 is 0 Å². The van der Waals surface area contributed by atoms with Crippen LogP contribution in [-0.4, -0.2) is 56.7 Å². The lowest BCUT2D eigenvalue weighted by atomic mass is 9.84. The second-order valence-corrected chi connectivity index (χ2v) is 9.77. The minimum atomic E-state index is -0.253. The molecule has 1 fully saturated rings. The Morgan fingerprint density at radius 2 is 1.73 bits per heavy atom. The third-order valence-corrected chi connectivity index (χ3v) is 7.30. The van der Waals surface area contributed by atoms with Gasteiger partial charge in [0.05, 0.1) is 11.9 Å². The van der Waals surface area contributed by atoms with E-state index in [0.717, 1.165) is 50.1 Å². The fraction of sp³-hybridized carbons (Fsp3) is 0.300. The van der Waals surface area contributed by atoms with Crippen LogP contribution in [0.4, 0.5) is 4.39 Å². The summed E-state index contributed by atoms with van der Waals surface area (Å²) in [6, 6.07) is 22.3. The monoisotopic (exact) mass is 497 g/mol. The van der Waals surface area contributed by atoms with Crippen LogP contribution in [0.5, 0.6) is 0 Å². The number of likely N-dealkylation sites (tertiary alicyclic amines) is 1. The molecule has 0 aliphatic carbocycles. The summed E-state index contributed by atoms with van der Waals surface area (Å²) < 4.78 is 15.0. The third kappa shape index (κ3) is 6.12. The van der Waals surface area contributed by atoms with Gasteiger partial charge in [-0.25, -0.2) is 9.07 Å². The summed E-state index contributed by atoms with van der Waals surface area (Å²) in [5.74, 6) is 0.116. The fourth-order valence-electron chi connectivity index (χ4n) is 5.23. The maximum atomic E-state index is 13.3. The Hall–Kier alpha value is -3.84. The van der Waals surface area contributed by atoms with Crippen LogP contribution >= 0.6 is 0 Å². The molecular weight excluding hydrogens is 465 g/mol. The van der Waals surface area contributed by atoms with Gasteiger partial charge in [0.1, 0.15) is 11.5 Å². The molecule has 0 spiro atoms. The zero-order valence-corrected chi connectivity index (χ0v) is 21.1. The highest BCUT2D eigenvalue weighted by Crippen LogP contribution is 2.28. The molecule has 37 heavy (non-hydrogen) atoms. The highest BCUT2D eigenvalue weighted by molar-refractivity contribution is 5.92. The Labute approximate surface area is 217 Å². The number of aromatic nitrogens is 3. The number of amides is 1. The molecule has 2 aromatic heterocycles. The summed E-state index contributed by atoms with van der Waals surface area (Å²) in [5, 5.41) is 4.46. The second-order valence-electron chi connectivity index (χ2n) is 9.77. The normalized spacial score (nSPS) is 15.4. The Kier molecular flexibility index (Phi) is 7.70. The summed E-state index contributed by atoms with van der Waals surface area (Å²) in [6.07, 6.45) is 8.42. The largest absolute Gasteiger partial charge is 0.337 e. The van der Waals surface area contributed by atoms with Gasteiger partial charge in [-0.2, -0.15) is 5.10 Å². The van der Waals surface area contributed by atoms with Gasteiger partial charge in [-0.05, 0) is 80.2 Å². The molecule has 0 unspecified atom stereocenters. The molecule has 0 radical (unpaired) electrons. The number of hydrogen-bond donors (Lipinski definition) is 0. The molecule has 0 N–H and O–H groups in total. The van der Waals surface area contributed by atoms with Gasteiger partial charge in [-0.15, -0.1) is 0 Å². The van der Waals surface area contributed by atoms with E-state index in [0.29, 0.717) is 11.6 Å². The van der Waals surface area contributed by atoms with E-state index in [1.54, 1.807) is 29.1 Å². The third-order valence-electron chi connectivity index (χ3n) is 7.30. The van der Waals surface area contributed by atoms with Crippen molar-refractivity contribution in [2.75, 3.05) is 20.1 Å². The number of carbonyl (C=O) groups is 1. The number of benzene rings is 2. The smallest absolute Gasteiger partial charge is 0.272 e. The van der Waals surface area contributed by atoms with Crippen LogP contribution in [0.2, 0.25) is 0 Å². The Bertz CT molecular complexity index is 1280. The van der Waals surface area contributed by atoms with Crippen molar-refractivity contribution in [3.05, 3.63) is 114 Å². The molecule has 190 valence electrons. The van der Waals surface area contributed by atoms with E-state index in [2.05, 4.69) is 39.2 Å². The molecule has 0 bridgehead atoms. The number of hydrogen-bond acceptors (Lipinski definition) is 4. The van der Waals surface area contributed by atoms with Crippen LogP contribution in [-0.2, 0) is 13.0 Å². The molecule has 1 amide bonds. The molecule has 2 aromatic carbocycles. The van der Waals surface area contributed by atoms with E-state index < -0.39 is 0 Å². The number of likely N-dealkylation sites (N-methyl/N-ethyl adjacent to an activating group) is 1. The van der Waals surface area contributed by atoms with Gasteiger partial charge in [0.15, 0.2) is 0 Å². The van der Waals surface area contributed by atoms with Crippen LogP contribution in [0.15, 0.2) is 91.4 Å². The first-order valence-electron chi connectivity index (χ1n) is 12.8. The quantitative estimate of drug-likeness (QED) is 0.344. The number of carbonyl (C=O) groups excluding carboxylic acids is 1. The summed E-state index contributed by atoms with van der Waals surface area (Å²) in [4.78, 5) is 21.9. The molecule has 1 saturated heterocycles. The van der Waals surface area contributed by atoms with E-state index in [4.69, 9.17) is 0 Å². The Morgan fingerprint density at radius 1 is 1.00 bits per heavy atom. The molecule has 6 nitrogen and oxygen atoms in total. The van der Waals surface area contributed by atoms with E-state index in [9.17, 15) is 9.18 Å². The first-order chi connectivity index (χ1) is 18.1. The molecule has 4 aromatic rings. The zero-order valence-electron chi connectivity index (χ0n) is 21.1. The van der Waals surface area contributed by atoms with Crippen LogP contribution in [0.25, 0.3) is 5.69 Å². The minimum Gasteiger partial charge on any atom is -0.337 e. The number of piperidine rings is 1. The first-order valence-corrected chi connectivity index (χ1v) is 12.8. The Morgan fingerprint density at radius 3 is 2.43 bits per heavy atom. The predicted octanol–water partition coefficient (Wildman–Crippen LogP) is 5.00. The molecular formula is C30H32FN5O. The van der Waals surface area contributed by atoms with Gasteiger partial charge in [0, 0.05) is 37.6 Å². The molecule has 1 atom stereocenters. The summed E-state index contributed by atoms with van der Waals surface area (Å²) in [5.41, 5.74) is 3.70. The second kappa shape index (κ2) is 11.5. The first kappa shape index (κ1) is 24.8. The number of rotatable bonds is 8. The average molecular weight is 498 g/mol. The molecule has 1 aliphatic heterocycles. The van der Waals surface area contributed by atoms with Crippen molar-refractivity contribution < 1.29 is 9.18 Å². The number of nitrogens with zero attached hydrogens (tertiary/aromatic N) is 5. The molecule has 5 rings (SSSR count). The van der Waals surface area contributed by atoms with Crippen molar-refractivity contribution in [2.24, 2.45) is 5.92 Å². The minimum absolute atomic E-state index is 0.0304. The van der Waals surface area contributed by atoms with Crippen molar-refractivity contribution in [3.8, 4) is 5.69 Å². The standard InChI is InChI=1S/C30H32FN5O/c1-34(30(37)28-9-5-6-16-32-28)29(19-23-7-3-2-4-8-23)25-14-17-35(18-15-25)21-24-20-33-36(22-24)27-12-10-26(31)11-13-27/h2-13,16,20,22,25,29H,14-15,17-19,21H2,1H3/t29-/m1/s1. The van der Waals surface area contributed by atoms with E-state index >= 15 is 0 Å². The number of pyridine rings is 1. The van der Waals surface area contributed by atoms with Crippen LogP contribution in [0, 0.1) is 11.7 Å². The van der Waals surface area contributed by atoms with E-state index in [1.807, 2.05) is 42.5 Å². The van der Waals surface area contributed by atoms with Gasteiger partial charge in [0.25, 0.3) is 5.91 Å². The van der Waals surface area contributed by atoms with Gasteiger partial charge in [-0.3, -0.25) is 14.7 Å². The molecule has 1 aliphatic rings. The van der Waals surface area contributed by atoms with Crippen LogP contribution in [0.1, 0.15) is 34.5 Å². The van der Waals surface area contributed by atoms with Crippen molar-refractivity contribution in [1.82, 2.24) is 24.6 Å². The van der Waals surface area contributed by atoms with Gasteiger partial charge in [-0.1, -0.05) is 36.4 Å². The lowest BCUT2D eigenvalue weighted by Gasteiger charge is -2.40. The number of halogens is 1. The zero-order chi connectivity index (χ0) is 25.6. The summed E-state index contributed by atoms with van der Waals surface area (Å²) in [6.45, 7) is 2.74. The maximum absolute atomic E-state index is 13.3. The topological polar surface area (TPSA) is 54.3 Å². The van der Waals surface area contributed by atoms with Crippen molar-refractivity contribution in [3.63, 3.8) is 0 Å². The summed E-state index contributed by atoms with van der Waals surface area (Å²) >= 11 is 0. The van der Waals surface area contributed by atoms with E-state index in [1.165, 1.54) is 17.7 Å². The van der Waals surface area contributed by atoms with Gasteiger partial charge < -0.3 is 4.90 Å². The van der Waals surface area contributed by atoms with Crippen LogP contribution in [0.3, 0.4) is 0 Å². The Balaban J connectivity index is 1.24. The predicted molar refractivity (Wildman–Crippen MR) is 142 cm³/mol. The molecule has 3 heterocycles. The highest BCUT2D eigenvalue weighted by Gasteiger charge is 2.32. The summed E-state index contributed by atoms with van der Waals surface area (Å²) in [7, 11) is 1.92. The van der Waals surface area contributed by atoms with Crippen molar-refractivity contribution >= 4 is 5.91 Å². The lowest BCUT2D eigenvalue weighted by molar-refractivity contribution is 0.0579. The van der Waals surface area contributed by atoms with E-state index in [-0.39, 0.29) is 17.8 Å². The van der Waals surface area contributed by atoms with Crippen molar-refractivity contribution in [2.45, 2.75) is 31.8 Å². The average Bonchev–Trinajstić information content (AvgIpc) is 3.41. The fourth-order valence-corrected chi connectivity index (χ4v) is 5.23. The van der Waals surface area contributed by atoms with Crippen molar-refractivity contribution in [1.29, 1.82) is 0 Å². The molecule has 7 heteroatoms. The SMILES string of the molecule is CN(C(=O)c1ccccn1)[C@H](Cc1ccccc1)C1CCN(Cc2cnn(-c3ccc(F)cc3)c2)CC1. The van der Waals surface area contributed by atoms with Gasteiger partial charge >= 0.3 is 0 Å². The molecule has 0 saturated carbocycles. The lowest BCUT2D eigenvalue weighted by Crippen LogP contribution is -2.47. The highest BCUT2D eigenvalue weighted by atomic mass is 19.1. The van der Waals surface area contributed by atoms with Gasteiger partial charge in [0.2, 0.25) is 0 Å². The maximum Gasteiger partial charge on any atom is 0.272 e.